The van der Waals surface area contributed by atoms with Gasteiger partial charge in [-0.15, -0.1) is 5.10 Å². The van der Waals surface area contributed by atoms with Gasteiger partial charge in [0.15, 0.2) is 5.17 Å². The molecule has 0 atom stereocenters. The van der Waals surface area contributed by atoms with Crippen molar-refractivity contribution < 1.29 is 13.5 Å². The molecule has 4 aromatic rings. The van der Waals surface area contributed by atoms with Gasteiger partial charge in [-0.2, -0.15) is 5.10 Å². The maximum Gasteiger partial charge on any atom is 0.180 e. The molecule has 0 radical (unpaired) electrons. The second-order valence-electron chi connectivity index (χ2n) is 8.05. The Morgan fingerprint density at radius 3 is 2.25 bits per heavy atom. The topological polar surface area (TPSA) is 60.0 Å². The van der Waals surface area contributed by atoms with Crippen LogP contribution in [0.1, 0.15) is 27.8 Å². The molecule has 0 saturated heterocycles. The quantitative estimate of drug-likeness (QED) is 0.157. The number of hydrogen-bond donors (Lipinski definition) is 1. The summed E-state index contributed by atoms with van der Waals surface area (Å²) >= 11 is 1.41. The summed E-state index contributed by atoms with van der Waals surface area (Å²) in [5, 5.41) is 8.57. The van der Waals surface area contributed by atoms with Crippen molar-refractivity contribution in [1.82, 2.24) is 0 Å². The summed E-state index contributed by atoms with van der Waals surface area (Å²) in [6.07, 6.45) is 2.07. The van der Waals surface area contributed by atoms with Crippen molar-refractivity contribution in [3.8, 4) is 5.75 Å². The van der Waals surface area contributed by atoms with E-state index < -0.39 is 0 Å². The maximum absolute atomic E-state index is 13.8. The van der Waals surface area contributed by atoms with Gasteiger partial charge in [-0.1, -0.05) is 66.4 Å². The van der Waals surface area contributed by atoms with Crippen LogP contribution in [0, 0.1) is 11.6 Å². The van der Waals surface area contributed by atoms with Crippen molar-refractivity contribution in [2.75, 3.05) is 0 Å². The van der Waals surface area contributed by atoms with E-state index >= 15 is 0 Å². The van der Waals surface area contributed by atoms with Gasteiger partial charge in [0.2, 0.25) is 0 Å². The van der Waals surface area contributed by atoms with E-state index in [0.717, 1.165) is 27.8 Å². The number of halogens is 2. The van der Waals surface area contributed by atoms with Gasteiger partial charge < -0.3 is 10.5 Å². The van der Waals surface area contributed by atoms with Crippen LogP contribution in [0.15, 0.2) is 107 Å². The van der Waals surface area contributed by atoms with Gasteiger partial charge in [0, 0.05) is 12.2 Å². The normalized spacial score (nSPS) is 11.7. The molecule has 0 aliphatic heterocycles. The van der Waals surface area contributed by atoms with Crippen molar-refractivity contribution in [2.24, 2.45) is 15.9 Å². The molecule has 0 heterocycles. The van der Waals surface area contributed by atoms with Crippen LogP contribution in [-0.4, -0.2) is 11.4 Å². The monoisotopic (exact) mass is 501 g/mol. The minimum Gasteiger partial charge on any atom is -0.489 e. The Kier molecular flexibility index (Phi) is 8.83. The van der Waals surface area contributed by atoms with Gasteiger partial charge in [-0.25, -0.2) is 8.78 Å². The van der Waals surface area contributed by atoms with E-state index in [1.807, 2.05) is 54.6 Å². The third-order valence-corrected chi connectivity index (χ3v) is 6.10. The Balaban J connectivity index is 1.48. The van der Waals surface area contributed by atoms with Gasteiger partial charge >= 0.3 is 0 Å². The fourth-order valence-corrected chi connectivity index (χ4v) is 4.14. The number of benzene rings is 4. The number of rotatable bonds is 9. The number of amidine groups is 1. The molecule has 4 aromatic carbocycles. The van der Waals surface area contributed by atoms with Crippen molar-refractivity contribution in [1.29, 1.82) is 0 Å². The Bertz CT molecular complexity index is 1360. The molecule has 0 amide bonds. The first-order chi connectivity index (χ1) is 17.5. The van der Waals surface area contributed by atoms with Gasteiger partial charge in [0.05, 0.1) is 6.21 Å². The summed E-state index contributed by atoms with van der Waals surface area (Å²) in [4.78, 5) is 0. The van der Waals surface area contributed by atoms with Crippen molar-refractivity contribution in [3.05, 3.63) is 137 Å². The summed E-state index contributed by atoms with van der Waals surface area (Å²) in [6.45, 7) is 0.209. The number of hydrogen-bond acceptors (Lipinski definition) is 4. The Morgan fingerprint density at radius 2 is 1.50 bits per heavy atom. The molecule has 0 unspecified atom stereocenters. The average Bonchev–Trinajstić information content (AvgIpc) is 2.88. The van der Waals surface area contributed by atoms with E-state index in [1.165, 1.54) is 36.0 Å². The first kappa shape index (κ1) is 25.1. The summed E-state index contributed by atoms with van der Waals surface area (Å²) in [5.41, 5.74) is 10.3. The molecule has 4 nitrogen and oxygen atoms in total. The Hall–Kier alpha value is -3.97. The molecule has 0 aromatic heterocycles. The molecule has 0 spiro atoms. The van der Waals surface area contributed by atoms with E-state index in [1.54, 1.807) is 24.4 Å². The molecule has 0 bridgehead atoms. The van der Waals surface area contributed by atoms with Crippen molar-refractivity contribution >= 4 is 23.1 Å². The summed E-state index contributed by atoms with van der Waals surface area (Å²) in [7, 11) is 0. The third kappa shape index (κ3) is 7.78. The zero-order chi connectivity index (χ0) is 25.2. The number of nitrogens with zero attached hydrogens (tertiary/aromatic N) is 2. The van der Waals surface area contributed by atoms with Crippen molar-refractivity contribution in [2.45, 2.75) is 18.8 Å². The van der Waals surface area contributed by atoms with Crippen molar-refractivity contribution in [3.63, 3.8) is 0 Å². The van der Waals surface area contributed by atoms with Crippen LogP contribution < -0.4 is 10.5 Å². The fourth-order valence-electron chi connectivity index (χ4n) is 3.53. The minimum absolute atomic E-state index is 0.209. The number of nitrogens with two attached hydrogens (primary N) is 1. The molecule has 36 heavy (non-hydrogen) atoms. The van der Waals surface area contributed by atoms with Gasteiger partial charge in [0.1, 0.15) is 24.0 Å². The van der Waals surface area contributed by atoms with Crippen LogP contribution in [0.2, 0.25) is 0 Å². The molecule has 4 rings (SSSR count). The van der Waals surface area contributed by atoms with E-state index in [9.17, 15) is 8.78 Å². The molecule has 0 saturated carbocycles. The van der Waals surface area contributed by atoms with Gasteiger partial charge in [0.25, 0.3) is 0 Å². The van der Waals surface area contributed by atoms with Gasteiger partial charge in [-0.3, -0.25) is 0 Å². The molecule has 0 aliphatic carbocycles. The second kappa shape index (κ2) is 12.7. The average molecular weight is 502 g/mol. The second-order valence-corrected chi connectivity index (χ2v) is 9.05. The molecule has 182 valence electrons. The third-order valence-electron chi connectivity index (χ3n) is 5.24. The lowest BCUT2D eigenvalue weighted by molar-refractivity contribution is 0.303. The lowest BCUT2D eigenvalue weighted by atomic mass is 10.0. The molecular formula is C29H25F2N3OS. The van der Waals surface area contributed by atoms with E-state index in [4.69, 9.17) is 10.5 Å². The molecule has 0 fully saturated rings. The summed E-state index contributed by atoms with van der Waals surface area (Å²) in [6, 6.07) is 28.3. The summed E-state index contributed by atoms with van der Waals surface area (Å²) < 4.78 is 33.3. The highest BCUT2D eigenvalue weighted by Crippen LogP contribution is 2.25. The largest absolute Gasteiger partial charge is 0.489 e. The minimum atomic E-state index is -0.315. The van der Waals surface area contributed by atoms with Gasteiger partial charge in [-0.05, 0) is 70.3 Å². The molecular weight excluding hydrogens is 476 g/mol. The highest BCUT2D eigenvalue weighted by Gasteiger charge is 2.08. The van der Waals surface area contributed by atoms with Crippen LogP contribution in [0.3, 0.4) is 0 Å². The standard InChI is InChI=1S/C29H25F2N3OS/c30-26-10-4-8-22(16-26)14-25-15-23(12-13-28(25)35-19-24-9-5-11-27(31)17-24)18-33-34-29(32)36-20-21-6-2-1-3-7-21/h1-13,15-18H,14,19-20H2,(H2,32,34). The van der Waals surface area contributed by atoms with E-state index in [2.05, 4.69) is 10.2 Å². The van der Waals surface area contributed by atoms with Crippen LogP contribution in [0.5, 0.6) is 5.75 Å². The lowest BCUT2D eigenvalue weighted by Crippen LogP contribution is -2.06. The van der Waals surface area contributed by atoms with Crippen LogP contribution in [0.25, 0.3) is 0 Å². The van der Waals surface area contributed by atoms with Crippen LogP contribution in [0.4, 0.5) is 8.78 Å². The first-order valence-electron chi connectivity index (χ1n) is 11.3. The predicted molar refractivity (Wildman–Crippen MR) is 143 cm³/mol. The number of ether oxygens (including phenoxy) is 1. The van der Waals surface area contributed by atoms with Crippen LogP contribution in [-0.2, 0) is 18.8 Å². The summed E-state index contributed by atoms with van der Waals surface area (Å²) in [5.74, 6) is 0.720. The highest BCUT2D eigenvalue weighted by atomic mass is 32.2. The lowest BCUT2D eigenvalue weighted by Gasteiger charge is -2.13. The maximum atomic E-state index is 13.8. The molecule has 7 heteroatoms. The predicted octanol–water partition coefficient (Wildman–Crippen LogP) is 6.72. The van der Waals surface area contributed by atoms with Crippen LogP contribution >= 0.6 is 11.8 Å². The Morgan fingerprint density at radius 1 is 0.806 bits per heavy atom. The van der Waals surface area contributed by atoms with E-state index in [0.29, 0.717) is 23.1 Å². The zero-order valence-electron chi connectivity index (χ0n) is 19.5. The molecule has 0 aliphatic rings. The fraction of sp³-hybridized carbons (Fsp3) is 0.103. The smallest absolute Gasteiger partial charge is 0.180 e. The zero-order valence-corrected chi connectivity index (χ0v) is 20.3. The first-order valence-corrected chi connectivity index (χ1v) is 12.3. The van der Waals surface area contributed by atoms with E-state index in [-0.39, 0.29) is 18.2 Å². The highest BCUT2D eigenvalue weighted by molar-refractivity contribution is 8.13. The Labute approximate surface area is 213 Å². The molecule has 2 N–H and O–H groups in total. The SMILES string of the molecule is NC(=NN=Cc1ccc(OCc2cccc(F)c2)c(Cc2cccc(F)c2)c1)SCc1ccccc1. The number of thioether (sulfide) groups is 1.